The summed E-state index contributed by atoms with van der Waals surface area (Å²) in [5, 5.41) is 0. The van der Waals surface area contributed by atoms with Crippen LogP contribution in [0.25, 0.3) is 0 Å². The zero-order chi connectivity index (χ0) is 11.5. The summed E-state index contributed by atoms with van der Waals surface area (Å²) in [7, 11) is 1.88. The quantitative estimate of drug-likeness (QED) is 0.647. The minimum atomic E-state index is 0.448. The van der Waals surface area contributed by atoms with E-state index in [1.165, 1.54) is 38.5 Å². The largest absolute Gasteiger partial charge is 0.381 e. The Labute approximate surface area is 99.9 Å². The van der Waals surface area contributed by atoms with Crippen molar-refractivity contribution in [2.75, 3.05) is 7.11 Å². The molecule has 2 fully saturated rings. The average Bonchev–Trinajstić information content (AvgIpc) is 2.36. The molecule has 0 aromatic rings. The molecule has 0 N–H and O–H groups in total. The van der Waals surface area contributed by atoms with Gasteiger partial charge in [-0.2, -0.15) is 0 Å². The summed E-state index contributed by atoms with van der Waals surface area (Å²) in [6, 6.07) is 0. The second-order valence-electron chi connectivity index (χ2n) is 5.58. The van der Waals surface area contributed by atoms with Crippen LogP contribution < -0.4 is 0 Å². The number of hydrogen-bond acceptors (Lipinski definition) is 1. The Morgan fingerprint density at radius 2 is 1.81 bits per heavy atom. The van der Waals surface area contributed by atoms with Crippen molar-refractivity contribution in [2.45, 2.75) is 51.6 Å². The first-order valence-electron chi connectivity index (χ1n) is 6.76. The fourth-order valence-electron chi connectivity index (χ4n) is 4.03. The van der Waals surface area contributed by atoms with Crippen molar-refractivity contribution < 1.29 is 4.74 Å². The Morgan fingerprint density at radius 3 is 2.50 bits per heavy atom. The van der Waals surface area contributed by atoms with Gasteiger partial charge in [0.15, 0.2) is 0 Å². The SMILES string of the molecule is C#C[C@@H](C)C1CCCC2C(OC)CCCC21. The number of rotatable bonds is 2. The summed E-state index contributed by atoms with van der Waals surface area (Å²) in [6.45, 7) is 2.23. The molecule has 1 heteroatoms. The van der Waals surface area contributed by atoms with E-state index in [2.05, 4.69) is 12.8 Å². The minimum absolute atomic E-state index is 0.448. The van der Waals surface area contributed by atoms with E-state index < -0.39 is 0 Å². The average molecular weight is 220 g/mol. The van der Waals surface area contributed by atoms with Crippen LogP contribution in [0, 0.1) is 36.0 Å². The van der Waals surface area contributed by atoms with Gasteiger partial charge in [0.05, 0.1) is 6.10 Å². The van der Waals surface area contributed by atoms with Gasteiger partial charge in [0.2, 0.25) is 0 Å². The lowest BCUT2D eigenvalue weighted by Gasteiger charge is -2.46. The maximum atomic E-state index is 5.67. The molecule has 0 spiro atoms. The lowest BCUT2D eigenvalue weighted by atomic mass is 9.61. The smallest absolute Gasteiger partial charge is 0.0602 e. The summed E-state index contributed by atoms with van der Waals surface area (Å²) in [5.41, 5.74) is 0. The molecule has 2 rings (SSSR count). The van der Waals surface area contributed by atoms with E-state index in [-0.39, 0.29) is 0 Å². The highest BCUT2D eigenvalue weighted by atomic mass is 16.5. The Hall–Kier alpha value is -0.480. The second-order valence-corrected chi connectivity index (χ2v) is 5.58. The molecule has 5 atom stereocenters. The van der Waals surface area contributed by atoms with E-state index in [4.69, 9.17) is 11.2 Å². The van der Waals surface area contributed by atoms with Gasteiger partial charge in [-0.25, -0.2) is 0 Å². The third-order valence-corrected chi connectivity index (χ3v) is 4.89. The summed E-state index contributed by atoms with van der Waals surface area (Å²) in [6.07, 6.45) is 14.1. The van der Waals surface area contributed by atoms with Gasteiger partial charge in [0, 0.05) is 13.0 Å². The van der Waals surface area contributed by atoms with Gasteiger partial charge in [-0.05, 0) is 43.4 Å². The van der Waals surface area contributed by atoms with E-state index in [1.54, 1.807) is 0 Å². The number of terminal acetylenes is 1. The fraction of sp³-hybridized carbons (Fsp3) is 0.867. The number of ether oxygens (including phenoxy) is 1. The maximum Gasteiger partial charge on any atom is 0.0602 e. The Balaban J connectivity index is 2.10. The summed E-state index contributed by atoms with van der Waals surface area (Å²) in [5.74, 6) is 5.78. The molecule has 16 heavy (non-hydrogen) atoms. The molecule has 90 valence electrons. The molecule has 0 aromatic carbocycles. The third kappa shape index (κ3) is 2.13. The Bertz CT molecular complexity index is 265. The molecule has 2 aliphatic rings. The highest BCUT2D eigenvalue weighted by Gasteiger charge is 2.41. The molecule has 0 aliphatic heterocycles. The number of methoxy groups -OCH3 is 1. The van der Waals surface area contributed by atoms with Crippen molar-refractivity contribution in [3.8, 4) is 12.3 Å². The predicted octanol–water partition coefficient (Wildman–Crippen LogP) is 3.49. The molecule has 1 nitrogen and oxygen atoms in total. The van der Waals surface area contributed by atoms with E-state index >= 15 is 0 Å². The molecule has 0 radical (unpaired) electrons. The van der Waals surface area contributed by atoms with Gasteiger partial charge in [-0.1, -0.05) is 19.8 Å². The van der Waals surface area contributed by atoms with Gasteiger partial charge in [-0.3, -0.25) is 0 Å². The van der Waals surface area contributed by atoms with Crippen LogP contribution >= 0.6 is 0 Å². The zero-order valence-electron chi connectivity index (χ0n) is 10.6. The first kappa shape index (κ1) is 12.0. The van der Waals surface area contributed by atoms with Crippen LogP contribution in [-0.2, 0) is 4.74 Å². The van der Waals surface area contributed by atoms with E-state index in [0.29, 0.717) is 12.0 Å². The molecule has 0 amide bonds. The molecule has 0 bridgehead atoms. The van der Waals surface area contributed by atoms with Crippen LogP contribution in [0.15, 0.2) is 0 Å². The zero-order valence-corrected chi connectivity index (χ0v) is 10.6. The molecule has 0 aromatic heterocycles. The van der Waals surface area contributed by atoms with Crippen molar-refractivity contribution in [2.24, 2.45) is 23.7 Å². The summed E-state index contributed by atoms with van der Waals surface area (Å²) < 4.78 is 5.67. The first-order valence-corrected chi connectivity index (χ1v) is 6.76. The fourth-order valence-corrected chi connectivity index (χ4v) is 4.03. The molecule has 2 aliphatic carbocycles. The van der Waals surface area contributed by atoms with Gasteiger partial charge in [0.1, 0.15) is 0 Å². The normalized spacial score (nSPS) is 40.8. The minimum Gasteiger partial charge on any atom is -0.381 e. The van der Waals surface area contributed by atoms with Crippen LogP contribution in [-0.4, -0.2) is 13.2 Å². The van der Waals surface area contributed by atoms with Crippen molar-refractivity contribution in [3.05, 3.63) is 0 Å². The maximum absolute atomic E-state index is 5.67. The van der Waals surface area contributed by atoms with Gasteiger partial charge in [0.25, 0.3) is 0 Å². The lowest BCUT2D eigenvalue weighted by molar-refractivity contribution is -0.0462. The van der Waals surface area contributed by atoms with Crippen LogP contribution in [0.1, 0.15) is 45.4 Å². The summed E-state index contributed by atoms with van der Waals surface area (Å²) >= 11 is 0. The Morgan fingerprint density at radius 1 is 1.12 bits per heavy atom. The van der Waals surface area contributed by atoms with Crippen molar-refractivity contribution in [3.63, 3.8) is 0 Å². The van der Waals surface area contributed by atoms with Crippen molar-refractivity contribution >= 4 is 0 Å². The molecular weight excluding hydrogens is 196 g/mol. The third-order valence-electron chi connectivity index (χ3n) is 4.89. The van der Waals surface area contributed by atoms with Gasteiger partial charge >= 0.3 is 0 Å². The lowest BCUT2D eigenvalue weighted by Crippen LogP contribution is -2.41. The van der Waals surface area contributed by atoms with E-state index in [0.717, 1.165) is 17.8 Å². The van der Waals surface area contributed by atoms with Crippen LogP contribution in [0.5, 0.6) is 0 Å². The molecular formula is C15H24O. The second kappa shape index (κ2) is 5.23. The van der Waals surface area contributed by atoms with E-state index in [9.17, 15) is 0 Å². The molecule has 0 saturated heterocycles. The highest BCUT2D eigenvalue weighted by molar-refractivity contribution is 5.00. The van der Waals surface area contributed by atoms with Crippen LogP contribution in [0.2, 0.25) is 0 Å². The molecule has 2 saturated carbocycles. The van der Waals surface area contributed by atoms with Gasteiger partial charge < -0.3 is 4.74 Å². The van der Waals surface area contributed by atoms with Gasteiger partial charge in [-0.15, -0.1) is 12.3 Å². The molecule has 0 heterocycles. The predicted molar refractivity (Wildman–Crippen MR) is 67.0 cm³/mol. The number of fused-ring (bicyclic) bond motifs is 1. The van der Waals surface area contributed by atoms with Crippen molar-refractivity contribution in [1.82, 2.24) is 0 Å². The standard InChI is InChI=1S/C15H24O/c1-4-11(2)12-7-5-9-14-13(12)8-6-10-15(14)16-3/h1,11-15H,5-10H2,2-3H3/t11-,12?,13?,14?,15?/m1/s1. The monoisotopic (exact) mass is 220 g/mol. The van der Waals surface area contributed by atoms with E-state index in [1.807, 2.05) is 7.11 Å². The summed E-state index contributed by atoms with van der Waals surface area (Å²) in [4.78, 5) is 0. The first-order chi connectivity index (χ1) is 7.77. The van der Waals surface area contributed by atoms with Crippen LogP contribution in [0.4, 0.5) is 0 Å². The van der Waals surface area contributed by atoms with Crippen LogP contribution in [0.3, 0.4) is 0 Å². The highest BCUT2D eigenvalue weighted by Crippen LogP contribution is 2.47. The Kier molecular flexibility index (Phi) is 3.92. The molecule has 4 unspecified atom stereocenters. The topological polar surface area (TPSA) is 9.23 Å². The number of hydrogen-bond donors (Lipinski definition) is 0. The van der Waals surface area contributed by atoms with Crippen molar-refractivity contribution in [1.29, 1.82) is 0 Å².